The maximum atomic E-state index is 13.0. The number of aromatic nitrogens is 2. The Bertz CT molecular complexity index is 847. The highest BCUT2D eigenvalue weighted by Crippen LogP contribution is 2.13. The van der Waals surface area contributed by atoms with Gasteiger partial charge in [-0.3, -0.25) is 19.5 Å². The second-order valence-corrected chi connectivity index (χ2v) is 6.59. The van der Waals surface area contributed by atoms with Crippen LogP contribution in [-0.4, -0.2) is 67.2 Å². The van der Waals surface area contributed by atoms with E-state index in [-0.39, 0.29) is 11.4 Å². The first-order valence-electron chi connectivity index (χ1n) is 9.15. The summed E-state index contributed by atoms with van der Waals surface area (Å²) in [5.74, 6) is -0.249. The molecule has 1 saturated heterocycles. The van der Waals surface area contributed by atoms with Gasteiger partial charge in [-0.05, 0) is 17.7 Å². The monoisotopic (exact) mass is 389 g/mol. The maximum absolute atomic E-state index is 13.0. The highest BCUT2D eigenvalue weighted by atomic mass is 19.1. The third-order valence-electron chi connectivity index (χ3n) is 4.61. The Kier molecular flexibility index (Phi) is 6.72. The number of rotatable bonds is 7. The normalized spacial score (nSPS) is 14.9. The number of benzene rings is 1. The minimum Gasteiger partial charge on any atom is -0.383 e. The number of hydrogen-bond donors (Lipinski definition) is 2. The van der Waals surface area contributed by atoms with E-state index >= 15 is 0 Å². The molecular formula is C19H24FN5O3. The molecule has 9 heteroatoms. The van der Waals surface area contributed by atoms with Gasteiger partial charge in [0.15, 0.2) is 0 Å². The summed E-state index contributed by atoms with van der Waals surface area (Å²) < 4.78 is 17.9. The second-order valence-electron chi connectivity index (χ2n) is 6.59. The van der Waals surface area contributed by atoms with Crippen LogP contribution in [0.3, 0.4) is 0 Å². The summed E-state index contributed by atoms with van der Waals surface area (Å²) in [5.41, 5.74) is 0.577. The highest BCUT2D eigenvalue weighted by molar-refractivity contribution is 5.93. The molecule has 1 aliphatic rings. The van der Waals surface area contributed by atoms with Crippen LogP contribution >= 0.6 is 0 Å². The molecular weight excluding hydrogens is 365 g/mol. The summed E-state index contributed by atoms with van der Waals surface area (Å²) >= 11 is 0. The number of piperazine rings is 1. The largest absolute Gasteiger partial charge is 0.383 e. The molecule has 0 atom stereocenters. The van der Waals surface area contributed by atoms with Crippen LogP contribution in [0.2, 0.25) is 0 Å². The lowest BCUT2D eigenvalue weighted by molar-refractivity contribution is 0.0935. The highest BCUT2D eigenvalue weighted by Gasteiger charge is 2.20. The Morgan fingerprint density at radius 2 is 1.96 bits per heavy atom. The first kappa shape index (κ1) is 20.0. The maximum Gasteiger partial charge on any atom is 0.265 e. The predicted octanol–water partition coefficient (Wildman–Crippen LogP) is 0.607. The van der Waals surface area contributed by atoms with Gasteiger partial charge in [0.1, 0.15) is 11.4 Å². The number of H-pyrrole nitrogens is 1. The summed E-state index contributed by atoms with van der Waals surface area (Å²) in [6.07, 6.45) is 1.31. The number of anilines is 1. The van der Waals surface area contributed by atoms with E-state index in [4.69, 9.17) is 4.74 Å². The first-order chi connectivity index (χ1) is 13.6. The molecule has 2 N–H and O–H groups in total. The van der Waals surface area contributed by atoms with Gasteiger partial charge in [-0.25, -0.2) is 9.37 Å². The first-order valence-corrected chi connectivity index (χ1v) is 9.15. The molecule has 1 aliphatic heterocycles. The van der Waals surface area contributed by atoms with Crippen molar-refractivity contribution in [1.29, 1.82) is 0 Å². The molecule has 0 spiro atoms. The van der Waals surface area contributed by atoms with Crippen LogP contribution in [0.5, 0.6) is 0 Å². The van der Waals surface area contributed by atoms with Crippen LogP contribution in [-0.2, 0) is 11.3 Å². The summed E-state index contributed by atoms with van der Waals surface area (Å²) in [6, 6.07) is 6.51. The lowest BCUT2D eigenvalue weighted by Gasteiger charge is -2.35. The Labute approximate surface area is 162 Å². The number of carbonyl (C=O) groups is 1. The van der Waals surface area contributed by atoms with Gasteiger partial charge < -0.3 is 15.0 Å². The summed E-state index contributed by atoms with van der Waals surface area (Å²) in [7, 11) is 1.54. The van der Waals surface area contributed by atoms with Crippen molar-refractivity contribution in [2.45, 2.75) is 6.54 Å². The number of hydrogen-bond acceptors (Lipinski definition) is 6. The van der Waals surface area contributed by atoms with Crippen molar-refractivity contribution in [3.05, 3.63) is 57.8 Å². The van der Waals surface area contributed by atoms with E-state index in [1.165, 1.54) is 25.4 Å². The zero-order valence-electron chi connectivity index (χ0n) is 15.8. The van der Waals surface area contributed by atoms with Gasteiger partial charge in [-0.15, -0.1) is 0 Å². The third-order valence-corrected chi connectivity index (χ3v) is 4.61. The van der Waals surface area contributed by atoms with E-state index in [1.54, 1.807) is 12.1 Å². The topological polar surface area (TPSA) is 90.6 Å². The molecule has 0 unspecified atom stereocenters. The number of halogens is 1. The van der Waals surface area contributed by atoms with Gasteiger partial charge >= 0.3 is 0 Å². The van der Waals surface area contributed by atoms with Crippen molar-refractivity contribution < 1.29 is 13.9 Å². The number of amides is 1. The number of aromatic amines is 1. The van der Waals surface area contributed by atoms with Crippen LogP contribution in [0, 0.1) is 5.82 Å². The summed E-state index contributed by atoms with van der Waals surface area (Å²) in [4.78, 5) is 35.4. The minimum atomic E-state index is -0.471. The van der Waals surface area contributed by atoms with Gasteiger partial charge in [-0.1, -0.05) is 12.1 Å². The standard InChI is InChI=1S/C19H24FN5O3/c1-28-11-6-21-17(26)16-12-22-19(23-18(16)27)25-9-7-24(8-10-25)13-14-2-4-15(20)5-3-14/h2-5,12H,6-11,13H2,1H3,(H,21,26)(H,22,23,27). The molecule has 2 heterocycles. The molecule has 3 rings (SSSR count). The molecule has 1 amide bonds. The van der Waals surface area contributed by atoms with Crippen molar-refractivity contribution in [2.24, 2.45) is 0 Å². The van der Waals surface area contributed by atoms with E-state index in [9.17, 15) is 14.0 Å². The average molecular weight is 389 g/mol. The molecule has 0 bridgehead atoms. The van der Waals surface area contributed by atoms with Crippen LogP contribution in [0.4, 0.5) is 10.3 Å². The molecule has 0 radical (unpaired) electrons. The molecule has 28 heavy (non-hydrogen) atoms. The average Bonchev–Trinajstić information content (AvgIpc) is 2.70. The Balaban J connectivity index is 1.55. The summed E-state index contributed by atoms with van der Waals surface area (Å²) in [6.45, 7) is 4.43. The Morgan fingerprint density at radius 1 is 1.25 bits per heavy atom. The molecule has 1 aromatic carbocycles. The van der Waals surface area contributed by atoms with Gasteiger partial charge in [0.25, 0.3) is 11.5 Å². The molecule has 0 saturated carbocycles. The fraction of sp³-hybridized carbons (Fsp3) is 0.421. The fourth-order valence-corrected chi connectivity index (χ4v) is 3.04. The van der Waals surface area contributed by atoms with Crippen molar-refractivity contribution in [1.82, 2.24) is 20.2 Å². The van der Waals surface area contributed by atoms with Gasteiger partial charge in [-0.2, -0.15) is 0 Å². The van der Waals surface area contributed by atoms with Gasteiger partial charge in [0.05, 0.1) is 6.61 Å². The number of ether oxygens (including phenoxy) is 1. The minimum absolute atomic E-state index is 0.0187. The van der Waals surface area contributed by atoms with Crippen molar-refractivity contribution in [2.75, 3.05) is 51.3 Å². The van der Waals surface area contributed by atoms with Crippen LogP contribution in [0.15, 0.2) is 35.3 Å². The number of carbonyl (C=O) groups excluding carboxylic acids is 1. The molecule has 1 fully saturated rings. The lowest BCUT2D eigenvalue weighted by atomic mass is 10.2. The Morgan fingerprint density at radius 3 is 2.61 bits per heavy atom. The molecule has 8 nitrogen and oxygen atoms in total. The fourth-order valence-electron chi connectivity index (χ4n) is 3.04. The molecule has 1 aromatic heterocycles. The second kappa shape index (κ2) is 9.43. The lowest BCUT2D eigenvalue weighted by Crippen LogP contribution is -2.47. The SMILES string of the molecule is COCCNC(=O)c1cnc(N2CCN(Cc3ccc(F)cc3)CC2)[nH]c1=O. The van der Waals surface area contributed by atoms with Gasteiger partial charge in [0, 0.05) is 52.6 Å². The smallest absolute Gasteiger partial charge is 0.265 e. The summed E-state index contributed by atoms with van der Waals surface area (Å²) in [5, 5.41) is 2.60. The van der Waals surface area contributed by atoms with Crippen LogP contribution in [0.1, 0.15) is 15.9 Å². The number of nitrogens with one attached hydrogen (secondary N) is 2. The van der Waals surface area contributed by atoms with Gasteiger partial charge in [0.2, 0.25) is 5.95 Å². The molecule has 150 valence electrons. The van der Waals surface area contributed by atoms with Crippen LogP contribution < -0.4 is 15.8 Å². The zero-order chi connectivity index (χ0) is 19.9. The quantitative estimate of drug-likeness (QED) is 0.675. The zero-order valence-corrected chi connectivity index (χ0v) is 15.8. The van der Waals surface area contributed by atoms with E-state index in [0.29, 0.717) is 32.2 Å². The van der Waals surface area contributed by atoms with Crippen molar-refractivity contribution in [3.8, 4) is 0 Å². The van der Waals surface area contributed by atoms with Crippen LogP contribution in [0.25, 0.3) is 0 Å². The number of methoxy groups -OCH3 is 1. The van der Waals surface area contributed by atoms with Crippen molar-refractivity contribution >= 4 is 11.9 Å². The van der Waals surface area contributed by atoms with E-state index in [1.807, 2.05) is 4.90 Å². The molecule has 2 aromatic rings. The Hall–Kier alpha value is -2.78. The predicted molar refractivity (Wildman–Crippen MR) is 103 cm³/mol. The van der Waals surface area contributed by atoms with E-state index < -0.39 is 11.5 Å². The third kappa shape index (κ3) is 5.14. The van der Waals surface area contributed by atoms with E-state index in [0.717, 1.165) is 25.2 Å². The van der Waals surface area contributed by atoms with E-state index in [2.05, 4.69) is 20.2 Å². The number of nitrogens with zero attached hydrogens (tertiary/aromatic N) is 3. The molecule has 0 aliphatic carbocycles. The van der Waals surface area contributed by atoms with Crippen molar-refractivity contribution in [3.63, 3.8) is 0 Å².